The molecule has 0 bridgehead atoms. The second-order valence-corrected chi connectivity index (χ2v) is 10.9. The van der Waals surface area contributed by atoms with Gasteiger partial charge in [-0.15, -0.1) is 11.3 Å². The van der Waals surface area contributed by atoms with E-state index in [9.17, 15) is 9.59 Å². The van der Waals surface area contributed by atoms with Crippen LogP contribution in [-0.2, 0) is 19.1 Å². The number of fused-ring (bicyclic) bond motifs is 1. The van der Waals surface area contributed by atoms with Gasteiger partial charge in [0.2, 0.25) is 0 Å². The van der Waals surface area contributed by atoms with Gasteiger partial charge in [0.15, 0.2) is 0 Å². The number of benzene rings is 1. The third kappa shape index (κ3) is 3.57. The molecule has 0 radical (unpaired) electrons. The minimum atomic E-state index is -0.432. The number of hydrogen-bond acceptors (Lipinski definition) is 5. The van der Waals surface area contributed by atoms with Crippen LogP contribution in [0.3, 0.4) is 0 Å². The largest absolute Gasteiger partial charge is 0.452 e. The second-order valence-electron chi connectivity index (χ2n) is 9.84. The van der Waals surface area contributed by atoms with Gasteiger partial charge in [0.05, 0.1) is 9.75 Å². The highest BCUT2D eigenvalue weighted by molar-refractivity contribution is 7.15. The first-order chi connectivity index (χ1) is 16.9. The van der Waals surface area contributed by atoms with Crippen LogP contribution in [0.5, 0.6) is 0 Å². The minimum absolute atomic E-state index is 0.225. The first-order valence-electron chi connectivity index (χ1n) is 12.1. The first-order valence-corrected chi connectivity index (χ1v) is 12.9. The molecule has 2 aliphatic heterocycles. The van der Waals surface area contributed by atoms with Crippen molar-refractivity contribution in [2.24, 2.45) is 5.41 Å². The fraction of sp³-hybridized carbons (Fsp3) is 0.267. The van der Waals surface area contributed by atoms with E-state index >= 15 is 0 Å². The van der Waals surface area contributed by atoms with Crippen LogP contribution in [0, 0.1) is 5.41 Å². The average molecular weight is 483 g/mol. The van der Waals surface area contributed by atoms with Gasteiger partial charge in [-0.25, -0.2) is 9.59 Å². The molecule has 0 fully saturated rings. The normalized spacial score (nSPS) is 23.4. The highest BCUT2D eigenvalue weighted by atomic mass is 32.1. The van der Waals surface area contributed by atoms with Crippen LogP contribution >= 0.6 is 11.3 Å². The van der Waals surface area contributed by atoms with Gasteiger partial charge >= 0.3 is 11.9 Å². The Balaban J connectivity index is 1.47. The summed E-state index contributed by atoms with van der Waals surface area (Å²) in [5.74, 6) is -0.000172. The van der Waals surface area contributed by atoms with Crippen LogP contribution in [0.1, 0.15) is 55.4 Å². The third-order valence-corrected chi connectivity index (χ3v) is 8.56. The maximum Gasteiger partial charge on any atom is 0.340 e. The van der Waals surface area contributed by atoms with Crippen LogP contribution in [0.25, 0.3) is 16.5 Å². The summed E-state index contributed by atoms with van der Waals surface area (Å²) in [5.41, 5.74) is 3.09. The molecule has 4 aliphatic rings. The lowest BCUT2D eigenvalue weighted by Gasteiger charge is -2.41. The lowest BCUT2D eigenvalue weighted by atomic mass is 9.72. The first kappa shape index (κ1) is 22.1. The van der Waals surface area contributed by atoms with E-state index in [2.05, 4.69) is 38.1 Å². The van der Waals surface area contributed by atoms with Gasteiger partial charge in [-0.05, 0) is 42.9 Å². The average Bonchev–Trinajstić information content (AvgIpc) is 3.24. The van der Waals surface area contributed by atoms with Crippen LogP contribution in [-0.4, -0.2) is 11.9 Å². The summed E-state index contributed by atoms with van der Waals surface area (Å²) in [6.45, 7) is 4.29. The minimum Gasteiger partial charge on any atom is -0.452 e. The summed E-state index contributed by atoms with van der Waals surface area (Å²) in [6.07, 6.45) is 16.7. The quantitative estimate of drug-likeness (QED) is 0.422. The molecule has 0 saturated carbocycles. The van der Waals surface area contributed by atoms with E-state index in [0.29, 0.717) is 17.8 Å². The van der Waals surface area contributed by atoms with E-state index in [1.807, 2.05) is 42.5 Å². The van der Waals surface area contributed by atoms with Crippen molar-refractivity contribution in [3.63, 3.8) is 0 Å². The van der Waals surface area contributed by atoms with Gasteiger partial charge in [0.1, 0.15) is 11.9 Å². The van der Waals surface area contributed by atoms with Crippen molar-refractivity contribution in [2.45, 2.75) is 45.6 Å². The Labute approximate surface area is 208 Å². The number of carbonyl (C=O) groups excluding carboxylic acids is 2. The van der Waals surface area contributed by atoms with Crippen molar-refractivity contribution >= 4 is 39.8 Å². The molecule has 1 aromatic heterocycles. The molecule has 2 aliphatic carbocycles. The smallest absolute Gasteiger partial charge is 0.340 e. The predicted octanol–water partition coefficient (Wildman–Crippen LogP) is 7.27. The molecular weight excluding hydrogens is 456 g/mol. The number of esters is 2. The van der Waals surface area contributed by atoms with E-state index in [1.54, 1.807) is 11.3 Å². The highest BCUT2D eigenvalue weighted by Crippen LogP contribution is 2.53. The lowest BCUT2D eigenvalue weighted by Crippen LogP contribution is -2.35. The SMILES string of the molecule is CC1(C)C2=C(CCC=C2)C(=O)OC1c1sc(C2=CC=CC3=C(CCC=C3)C(=O)O2)c2ccccc12. The number of rotatable bonds is 2. The molecule has 3 heterocycles. The molecule has 176 valence electrons. The Bertz CT molecular complexity index is 1450. The number of cyclic esters (lactones) is 2. The molecule has 1 unspecified atom stereocenters. The Kier molecular flexibility index (Phi) is 5.26. The van der Waals surface area contributed by atoms with E-state index in [1.165, 1.54) is 0 Å². The highest BCUT2D eigenvalue weighted by Gasteiger charge is 2.45. The Morgan fingerprint density at radius 3 is 2.49 bits per heavy atom. The van der Waals surface area contributed by atoms with Crippen molar-refractivity contribution in [3.05, 3.63) is 98.8 Å². The number of thiophene rings is 1. The van der Waals surface area contributed by atoms with Gasteiger partial charge in [0.25, 0.3) is 0 Å². The molecule has 0 spiro atoms. The van der Waals surface area contributed by atoms with E-state index in [0.717, 1.165) is 56.5 Å². The molecule has 5 heteroatoms. The van der Waals surface area contributed by atoms with Gasteiger partial charge in [-0.2, -0.15) is 0 Å². The Morgan fingerprint density at radius 1 is 0.914 bits per heavy atom. The van der Waals surface area contributed by atoms with Crippen molar-refractivity contribution in [2.75, 3.05) is 0 Å². The standard InChI is InChI=1S/C30H26O4S/c1-30(2)23-16-8-7-15-22(23)29(32)34-27(30)26-21-14-6-5-13-20(21)25(35-26)24-17-9-11-18-10-3-4-12-19(18)28(31)33-24/h3,5-6,8-11,13-14,16-17,27H,4,7,12,15H2,1-2H3. The zero-order valence-electron chi connectivity index (χ0n) is 19.8. The fourth-order valence-corrected chi connectivity index (χ4v) is 6.89. The Morgan fingerprint density at radius 2 is 1.66 bits per heavy atom. The summed E-state index contributed by atoms with van der Waals surface area (Å²) in [7, 11) is 0. The van der Waals surface area contributed by atoms with Crippen molar-refractivity contribution in [1.29, 1.82) is 0 Å². The lowest BCUT2D eigenvalue weighted by molar-refractivity contribution is -0.152. The monoisotopic (exact) mass is 482 g/mol. The molecule has 0 N–H and O–H groups in total. The van der Waals surface area contributed by atoms with Crippen molar-refractivity contribution in [3.8, 4) is 0 Å². The number of ether oxygens (including phenoxy) is 2. The van der Waals surface area contributed by atoms with Crippen molar-refractivity contribution < 1.29 is 19.1 Å². The molecular formula is C30H26O4S. The van der Waals surface area contributed by atoms with Crippen LogP contribution < -0.4 is 0 Å². The van der Waals surface area contributed by atoms with Crippen LogP contribution in [0.2, 0.25) is 0 Å². The summed E-state index contributed by atoms with van der Waals surface area (Å²) in [5, 5.41) is 2.01. The molecule has 0 amide bonds. The third-order valence-electron chi connectivity index (χ3n) is 7.28. The van der Waals surface area contributed by atoms with Crippen molar-refractivity contribution in [1.82, 2.24) is 0 Å². The van der Waals surface area contributed by atoms with Gasteiger partial charge in [-0.3, -0.25) is 0 Å². The van der Waals surface area contributed by atoms with E-state index in [-0.39, 0.29) is 17.4 Å². The molecule has 1 aromatic carbocycles. The summed E-state index contributed by atoms with van der Waals surface area (Å²) in [4.78, 5) is 27.9. The summed E-state index contributed by atoms with van der Waals surface area (Å²) in [6, 6.07) is 8.08. The van der Waals surface area contributed by atoms with Gasteiger partial charge in [0, 0.05) is 27.3 Å². The second kappa shape index (κ2) is 8.35. The molecule has 2 aromatic rings. The molecule has 4 nitrogen and oxygen atoms in total. The van der Waals surface area contributed by atoms with E-state index < -0.39 is 6.10 Å². The van der Waals surface area contributed by atoms with E-state index in [4.69, 9.17) is 9.47 Å². The van der Waals surface area contributed by atoms with Gasteiger partial charge in [-0.1, -0.05) is 74.6 Å². The molecule has 0 saturated heterocycles. The van der Waals surface area contributed by atoms with Crippen LogP contribution in [0.4, 0.5) is 0 Å². The zero-order valence-corrected chi connectivity index (χ0v) is 20.6. The number of hydrogen-bond donors (Lipinski definition) is 0. The molecule has 6 rings (SSSR count). The summed E-state index contributed by atoms with van der Waals surface area (Å²) >= 11 is 1.54. The maximum atomic E-state index is 13.1. The summed E-state index contributed by atoms with van der Waals surface area (Å²) < 4.78 is 12.1. The van der Waals surface area contributed by atoms with Crippen LogP contribution in [0.15, 0.2) is 89.1 Å². The zero-order chi connectivity index (χ0) is 24.2. The fourth-order valence-electron chi connectivity index (χ4n) is 5.44. The number of allylic oxidation sites excluding steroid dienone is 8. The predicted molar refractivity (Wildman–Crippen MR) is 138 cm³/mol. The molecule has 35 heavy (non-hydrogen) atoms. The Hall–Kier alpha value is -3.44. The topological polar surface area (TPSA) is 52.6 Å². The molecule has 1 atom stereocenters. The maximum absolute atomic E-state index is 13.1. The number of carbonyl (C=O) groups is 2. The van der Waals surface area contributed by atoms with Gasteiger partial charge < -0.3 is 9.47 Å².